The molecular formula is C23H31N5O4S. The minimum atomic E-state index is -3.62. The molecule has 9 nitrogen and oxygen atoms in total. The van der Waals surface area contributed by atoms with Gasteiger partial charge in [0.25, 0.3) is 5.56 Å². The number of pyridine rings is 1. The van der Waals surface area contributed by atoms with Gasteiger partial charge in [-0.25, -0.2) is 8.42 Å². The van der Waals surface area contributed by atoms with Crippen molar-refractivity contribution >= 4 is 21.4 Å². The van der Waals surface area contributed by atoms with E-state index in [2.05, 4.69) is 10.2 Å². The molecule has 0 aliphatic rings. The molecule has 0 spiro atoms. The van der Waals surface area contributed by atoms with E-state index in [9.17, 15) is 23.6 Å². The first kappa shape index (κ1) is 26.2. The number of hydrogen-bond acceptors (Lipinski definition) is 7. The highest BCUT2D eigenvalue weighted by atomic mass is 32.2. The summed E-state index contributed by atoms with van der Waals surface area (Å²) in [6.45, 7) is 8.36. The van der Waals surface area contributed by atoms with E-state index >= 15 is 0 Å². The fourth-order valence-electron chi connectivity index (χ4n) is 3.31. The first-order valence-corrected chi connectivity index (χ1v) is 12.5. The first-order valence-electron chi connectivity index (χ1n) is 11.1. The van der Waals surface area contributed by atoms with Crippen LogP contribution in [0.5, 0.6) is 5.88 Å². The van der Waals surface area contributed by atoms with Crippen molar-refractivity contribution in [2.45, 2.75) is 64.8 Å². The van der Waals surface area contributed by atoms with Crippen molar-refractivity contribution in [1.82, 2.24) is 8.87 Å². The SMILES string of the molecule is CCCCN(CCCC)S(=O)(=O)c1ccc(/N=N/c2c(C)c(C#N)c(=O)n(CC)c2O)cc1. The molecule has 178 valence electrons. The molecule has 0 amide bonds. The second-order valence-electron chi connectivity index (χ2n) is 7.64. The zero-order valence-electron chi connectivity index (χ0n) is 19.6. The van der Waals surface area contributed by atoms with E-state index in [1.807, 2.05) is 19.9 Å². The number of azo groups is 1. The molecule has 0 saturated heterocycles. The molecule has 0 aliphatic heterocycles. The molecule has 0 bridgehead atoms. The Morgan fingerprint density at radius 2 is 1.64 bits per heavy atom. The Morgan fingerprint density at radius 1 is 1.06 bits per heavy atom. The van der Waals surface area contributed by atoms with Crippen molar-refractivity contribution in [1.29, 1.82) is 5.26 Å². The summed E-state index contributed by atoms with van der Waals surface area (Å²) in [5.41, 5.74) is -0.0668. The molecule has 1 N–H and O–H groups in total. The molecule has 0 aliphatic carbocycles. The van der Waals surface area contributed by atoms with Gasteiger partial charge in [0.05, 0.1) is 10.6 Å². The molecule has 0 atom stereocenters. The number of sulfonamides is 1. The molecule has 0 saturated carbocycles. The Balaban J connectivity index is 2.36. The van der Waals surface area contributed by atoms with Crippen LogP contribution in [0.4, 0.5) is 11.4 Å². The van der Waals surface area contributed by atoms with Crippen LogP contribution in [0.15, 0.2) is 44.2 Å². The number of hydrogen-bond donors (Lipinski definition) is 1. The van der Waals surface area contributed by atoms with Gasteiger partial charge in [0.1, 0.15) is 11.6 Å². The highest BCUT2D eigenvalue weighted by Crippen LogP contribution is 2.32. The van der Waals surface area contributed by atoms with Crippen LogP contribution >= 0.6 is 0 Å². The zero-order valence-corrected chi connectivity index (χ0v) is 20.4. The van der Waals surface area contributed by atoms with E-state index in [0.717, 1.165) is 30.3 Å². The quantitative estimate of drug-likeness (QED) is 0.471. The third-order valence-electron chi connectivity index (χ3n) is 5.35. The Labute approximate surface area is 195 Å². The largest absolute Gasteiger partial charge is 0.493 e. The van der Waals surface area contributed by atoms with Crippen LogP contribution in [0.1, 0.15) is 57.6 Å². The van der Waals surface area contributed by atoms with Crippen LogP contribution in [0, 0.1) is 18.3 Å². The molecular weight excluding hydrogens is 442 g/mol. The van der Waals surface area contributed by atoms with Crippen molar-refractivity contribution in [3.63, 3.8) is 0 Å². The smallest absolute Gasteiger partial charge is 0.271 e. The molecule has 33 heavy (non-hydrogen) atoms. The maximum absolute atomic E-state index is 13.1. The maximum Gasteiger partial charge on any atom is 0.271 e. The highest BCUT2D eigenvalue weighted by Gasteiger charge is 2.23. The van der Waals surface area contributed by atoms with Crippen LogP contribution in [-0.4, -0.2) is 35.5 Å². The van der Waals surface area contributed by atoms with Crippen LogP contribution in [-0.2, 0) is 16.6 Å². The maximum atomic E-state index is 13.1. The lowest BCUT2D eigenvalue weighted by atomic mass is 10.1. The van der Waals surface area contributed by atoms with Gasteiger partial charge in [-0.1, -0.05) is 26.7 Å². The summed E-state index contributed by atoms with van der Waals surface area (Å²) < 4.78 is 28.7. The average molecular weight is 474 g/mol. The number of nitriles is 1. The number of benzene rings is 1. The lowest BCUT2D eigenvalue weighted by molar-refractivity contribution is 0.395. The van der Waals surface area contributed by atoms with Crippen LogP contribution < -0.4 is 5.56 Å². The fraction of sp³-hybridized carbons (Fsp3) is 0.478. The van der Waals surface area contributed by atoms with Crippen molar-refractivity contribution in [3.8, 4) is 11.9 Å². The normalized spacial score (nSPS) is 11.9. The molecule has 0 fully saturated rings. The molecule has 0 radical (unpaired) electrons. The lowest BCUT2D eigenvalue weighted by Crippen LogP contribution is -2.33. The Bertz CT molecular complexity index is 1190. The van der Waals surface area contributed by atoms with Gasteiger partial charge in [-0.15, -0.1) is 5.11 Å². The molecule has 1 heterocycles. The fourth-order valence-corrected chi connectivity index (χ4v) is 4.83. The molecule has 10 heteroatoms. The zero-order chi connectivity index (χ0) is 24.6. The summed E-state index contributed by atoms with van der Waals surface area (Å²) in [6, 6.07) is 7.87. The van der Waals surface area contributed by atoms with Crippen LogP contribution in [0.25, 0.3) is 0 Å². The van der Waals surface area contributed by atoms with Gasteiger partial charge in [-0.2, -0.15) is 14.7 Å². The number of nitrogens with zero attached hydrogens (tertiary/aromatic N) is 5. The van der Waals surface area contributed by atoms with Crippen molar-refractivity contribution in [2.24, 2.45) is 10.2 Å². The van der Waals surface area contributed by atoms with Gasteiger partial charge in [-0.05, 0) is 51.0 Å². The molecule has 1 aromatic heterocycles. The van der Waals surface area contributed by atoms with Crippen molar-refractivity contribution < 1.29 is 13.5 Å². The Morgan fingerprint density at radius 3 is 2.12 bits per heavy atom. The van der Waals surface area contributed by atoms with Gasteiger partial charge < -0.3 is 5.11 Å². The second-order valence-corrected chi connectivity index (χ2v) is 9.58. The number of rotatable bonds is 11. The van der Waals surface area contributed by atoms with Crippen LogP contribution in [0.3, 0.4) is 0 Å². The summed E-state index contributed by atoms with van der Waals surface area (Å²) in [4.78, 5) is 12.4. The van der Waals surface area contributed by atoms with Crippen molar-refractivity contribution in [3.05, 3.63) is 45.7 Å². The number of aromatic nitrogens is 1. The van der Waals surface area contributed by atoms with Gasteiger partial charge in [0.15, 0.2) is 5.69 Å². The minimum Gasteiger partial charge on any atom is -0.493 e. The van der Waals surface area contributed by atoms with Gasteiger partial charge in [0.2, 0.25) is 15.9 Å². The summed E-state index contributed by atoms with van der Waals surface area (Å²) in [6.07, 6.45) is 3.40. The number of unbranched alkanes of at least 4 members (excludes halogenated alkanes) is 2. The standard InChI is InChI=1S/C23H31N5O4S/c1-5-8-14-27(15-9-6-2)33(31,32)19-12-10-18(11-13-19)25-26-21-17(4)20(16-24)22(29)28(7-3)23(21)30/h10-13,30H,5-9,14-15H2,1-4H3/b26-25+. The van der Waals surface area contributed by atoms with E-state index in [1.165, 1.54) is 35.5 Å². The third-order valence-corrected chi connectivity index (χ3v) is 7.26. The highest BCUT2D eigenvalue weighted by molar-refractivity contribution is 7.89. The summed E-state index contributed by atoms with van der Waals surface area (Å²) in [5, 5.41) is 27.8. The third kappa shape index (κ3) is 5.86. The van der Waals surface area contributed by atoms with E-state index in [-0.39, 0.29) is 34.1 Å². The van der Waals surface area contributed by atoms with Crippen LogP contribution in [0.2, 0.25) is 0 Å². The van der Waals surface area contributed by atoms with Gasteiger partial charge in [0, 0.05) is 25.2 Å². The Hall–Kier alpha value is -3.03. The Kier molecular flexibility index (Phi) is 9.32. The lowest BCUT2D eigenvalue weighted by Gasteiger charge is -2.22. The topological polar surface area (TPSA) is 128 Å². The summed E-state index contributed by atoms with van der Waals surface area (Å²) in [5.74, 6) is -0.371. The predicted octanol–water partition coefficient (Wildman–Crippen LogP) is 4.76. The van der Waals surface area contributed by atoms with Crippen molar-refractivity contribution in [2.75, 3.05) is 13.1 Å². The van der Waals surface area contributed by atoms with E-state index in [4.69, 9.17) is 0 Å². The minimum absolute atomic E-state index is 0.0232. The van der Waals surface area contributed by atoms with Gasteiger partial charge >= 0.3 is 0 Å². The molecule has 2 rings (SSSR count). The first-order chi connectivity index (χ1) is 15.7. The monoisotopic (exact) mass is 473 g/mol. The molecule has 0 unspecified atom stereocenters. The average Bonchev–Trinajstić information content (AvgIpc) is 2.79. The predicted molar refractivity (Wildman–Crippen MR) is 127 cm³/mol. The molecule has 2 aromatic rings. The van der Waals surface area contributed by atoms with Gasteiger partial charge in [-0.3, -0.25) is 9.36 Å². The molecule has 1 aromatic carbocycles. The second kappa shape index (κ2) is 11.7. The van der Waals surface area contributed by atoms with E-state index < -0.39 is 15.6 Å². The summed E-state index contributed by atoms with van der Waals surface area (Å²) in [7, 11) is -3.62. The van der Waals surface area contributed by atoms with E-state index in [1.54, 1.807) is 6.92 Å². The van der Waals surface area contributed by atoms with E-state index in [0.29, 0.717) is 18.8 Å². The summed E-state index contributed by atoms with van der Waals surface area (Å²) >= 11 is 0. The number of aromatic hydroxyl groups is 1.